The Bertz CT molecular complexity index is 869. The van der Waals surface area contributed by atoms with E-state index in [0.29, 0.717) is 31.9 Å². The summed E-state index contributed by atoms with van der Waals surface area (Å²) in [7, 11) is 0. The Labute approximate surface area is 165 Å². The van der Waals surface area contributed by atoms with E-state index in [1.165, 1.54) is 5.56 Å². The zero-order valence-electron chi connectivity index (χ0n) is 16.2. The maximum atomic E-state index is 13.0. The summed E-state index contributed by atoms with van der Waals surface area (Å²) in [6, 6.07) is 15.7. The van der Waals surface area contributed by atoms with Gasteiger partial charge in [-0.2, -0.15) is 0 Å². The van der Waals surface area contributed by atoms with Gasteiger partial charge in [0.05, 0.1) is 18.6 Å². The van der Waals surface area contributed by atoms with Crippen molar-refractivity contribution in [3.8, 4) is 0 Å². The second-order valence-corrected chi connectivity index (χ2v) is 7.78. The monoisotopic (exact) mass is 378 g/mol. The number of ether oxygens (including phenoxy) is 1. The predicted octanol–water partition coefficient (Wildman–Crippen LogP) is 3.43. The number of nitrogens with one attached hydrogen (secondary N) is 1. The molecule has 2 aliphatic rings. The van der Waals surface area contributed by atoms with Gasteiger partial charge >= 0.3 is 0 Å². The highest BCUT2D eigenvalue weighted by Gasteiger charge is 2.49. The molecule has 2 fully saturated rings. The molecule has 5 heteroatoms. The van der Waals surface area contributed by atoms with Crippen LogP contribution < -0.4 is 5.32 Å². The van der Waals surface area contributed by atoms with Crippen molar-refractivity contribution in [3.05, 3.63) is 65.2 Å². The molecule has 1 saturated carbocycles. The SMILES string of the molecule is Cc1c(NC(=O)C2(Cc3ccccc3)CC2)cccc1C(=O)N1CCOCC1. The highest BCUT2D eigenvalue weighted by molar-refractivity contribution is 6.01. The average Bonchev–Trinajstić information content (AvgIpc) is 3.51. The predicted molar refractivity (Wildman–Crippen MR) is 108 cm³/mol. The van der Waals surface area contributed by atoms with Crippen LogP contribution in [0, 0.1) is 12.3 Å². The number of hydrogen-bond acceptors (Lipinski definition) is 3. The first kappa shape index (κ1) is 18.7. The third-order valence-corrected chi connectivity index (χ3v) is 5.83. The number of amides is 2. The molecule has 0 bridgehead atoms. The lowest BCUT2D eigenvalue weighted by Gasteiger charge is -2.27. The molecule has 4 rings (SSSR count). The lowest BCUT2D eigenvalue weighted by atomic mass is 9.95. The van der Waals surface area contributed by atoms with Gasteiger partial charge in [0.1, 0.15) is 0 Å². The molecule has 2 aromatic rings. The van der Waals surface area contributed by atoms with Crippen molar-refractivity contribution in [2.24, 2.45) is 5.41 Å². The van der Waals surface area contributed by atoms with Gasteiger partial charge in [-0.1, -0.05) is 36.4 Å². The lowest BCUT2D eigenvalue weighted by Crippen LogP contribution is -2.41. The molecule has 28 heavy (non-hydrogen) atoms. The van der Waals surface area contributed by atoms with Crippen molar-refractivity contribution in [2.45, 2.75) is 26.2 Å². The minimum Gasteiger partial charge on any atom is -0.378 e. The molecule has 0 unspecified atom stereocenters. The van der Waals surface area contributed by atoms with E-state index in [0.717, 1.165) is 30.5 Å². The second kappa shape index (κ2) is 7.76. The van der Waals surface area contributed by atoms with Gasteiger partial charge in [-0.15, -0.1) is 0 Å². The van der Waals surface area contributed by atoms with Crippen LogP contribution in [0.2, 0.25) is 0 Å². The third kappa shape index (κ3) is 3.80. The fourth-order valence-corrected chi connectivity index (χ4v) is 3.82. The number of nitrogens with zero attached hydrogens (tertiary/aromatic N) is 1. The van der Waals surface area contributed by atoms with E-state index in [4.69, 9.17) is 4.74 Å². The number of rotatable bonds is 5. The fraction of sp³-hybridized carbons (Fsp3) is 0.391. The van der Waals surface area contributed by atoms with Gasteiger partial charge in [0.15, 0.2) is 0 Å². The van der Waals surface area contributed by atoms with Crippen molar-refractivity contribution in [3.63, 3.8) is 0 Å². The second-order valence-electron chi connectivity index (χ2n) is 7.78. The van der Waals surface area contributed by atoms with Gasteiger partial charge in [0.25, 0.3) is 5.91 Å². The lowest BCUT2D eigenvalue weighted by molar-refractivity contribution is -0.121. The van der Waals surface area contributed by atoms with Crippen LogP contribution in [-0.2, 0) is 16.0 Å². The van der Waals surface area contributed by atoms with Crippen molar-refractivity contribution >= 4 is 17.5 Å². The standard InChI is InChI=1S/C23H26N2O3/c1-17-19(21(26)25-12-14-28-15-13-25)8-5-9-20(17)24-22(27)23(10-11-23)16-18-6-3-2-4-7-18/h2-9H,10-16H2,1H3,(H,24,27). The summed E-state index contributed by atoms with van der Waals surface area (Å²) in [5, 5.41) is 3.10. The maximum Gasteiger partial charge on any atom is 0.254 e. The van der Waals surface area contributed by atoms with E-state index < -0.39 is 0 Å². The van der Waals surface area contributed by atoms with Crippen LogP contribution in [0.25, 0.3) is 0 Å². The van der Waals surface area contributed by atoms with Crippen molar-refractivity contribution in [1.29, 1.82) is 0 Å². The summed E-state index contributed by atoms with van der Waals surface area (Å²) in [6.45, 7) is 4.26. The molecule has 0 aromatic heterocycles. The molecular formula is C23H26N2O3. The molecule has 5 nitrogen and oxygen atoms in total. The van der Waals surface area contributed by atoms with Gasteiger partial charge < -0.3 is 15.0 Å². The van der Waals surface area contributed by atoms with Gasteiger partial charge in [-0.25, -0.2) is 0 Å². The van der Waals surface area contributed by atoms with Crippen LogP contribution in [0.5, 0.6) is 0 Å². The van der Waals surface area contributed by atoms with Crippen molar-refractivity contribution in [1.82, 2.24) is 4.90 Å². The Kier molecular flexibility index (Phi) is 5.18. The number of carbonyl (C=O) groups is 2. The molecule has 1 aliphatic heterocycles. The summed E-state index contributed by atoms with van der Waals surface area (Å²) in [4.78, 5) is 27.7. The van der Waals surface area contributed by atoms with Gasteiger partial charge in [0, 0.05) is 24.3 Å². The van der Waals surface area contributed by atoms with Crippen LogP contribution in [0.15, 0.2) is 48.5 Å². The molecule has 1 saturated heterocycles. The van der Waals surface area contributed by atoms with Gasteiger partial charge in [-0.05, 0) is 49.4 Å². The van der Waals surface area contributed by atoms with Crippen LogP contribution in [-0.4, -0.2) is 43.0 Å². The molecule has 1 aliphatic carbocycles. The molecule has 0 radical (unpaired) electrons. The normalized spacial score (nSPS) is 17.8. The third-order valence-electron chi connectivity index (χ3n) is 5.83. The fourth-order valence-electron chi connectivity index (χ4n) is 3.82. The Morgan fingerprint density at radius 1 is 1.04 bits per heavy atom. The van der Waals surface area contributed by atoms with Gasteiger partial charge in [0.2, 0.25) is 5.91 Å². The summed E-state index contributed by atoms with van der Waals surface area (Å²) >= 11 is 0. The Morgan fingerprint density at radius 3 is 2.43 bits per heavy atom. The highest BCUT2D eigenvalue weighted by atomic mass is 16.5. The van der Waals surface area contributed by atoms with E-state index in [1.54, 1.807) is 0 Å². The summed E-state index contributed by atoms with van der Waals surface area (Å²) in [5.41, 5.74) is 3.06. The molecule has 0 atom stereocenters. The molecule has 146 valence electrons. The topological polar surface area (TPSA) is 58.6 Å². The van der Waals surface area contributed by atoms with Crippen molar-refractivity contribution < 1.29 is 14.3 Å². The molecule has 1 heterocycles. The summed E-state index contributed by atoms with van der Waals surface area (Å²) in [5.74, 6) is 0.0535. The first-order chi connectivity index (χ1) is 13.6. The largest absolute Gasteiger partial charge is 0.378 e. The number of hydrogen-bond donors (Lipinski definition) is 1. The number of benzene rings is 2. The molecular weight excluding hydrogens is 352 g/mol. The van der Waals surface area contributed by atoms with Crippen LogP contribution in [0.3, 0.4) is 0 Å². The number of anilines is 1. The highest BCUT2D eigenvalue weighted by Crippen LogP contribution is 2.49. The summed E-state index contributed by atoms with van der Waals surface area (Å²) < 4.78 is 5.33. The maximum absolute atomic E-state index is 13.0. The van der Waals surface area contributed by atoms with E-state index >= 15 is 0 Å². The molecule has 0 spiro atoms. The first-order valence-electron chi connectivity index (χ1n) is 9.91. The zero-order valence-corrected chi connectivity index (χ0v) is 16.2. The van der Waals surface area contributed by atoms with E-state index in [9.17, 15) is 9.59 Å². The minimum atomic E-state index is -0.321. The van der Waals surface area contributed by atoms with Gasteiger partial charge in [-0.3, -0.25) is 9.59 Å². The smallest absolute Gasteiger partial charge is 0.254 e. The summed E-state index contributed by atoms with van der Waals surface area (Å²) in [6.07, 6.45) is 2.56. The average molecular weight is 378 g/mol. The van der Waals surface area contributed by atoms with Crippen LogP contribution in [0.1, 0.15) is 34.3 Å². The van der Waals surface area contributed by atoms with E-state index in [-0.39, 0.29) is 17.2 Å². The quantitative estimate of drug-likeness (QED) is 0.867. The molecule has 1 N–H and O–H groups in total. The number of carbonyl (C=O) groups excluding carboxylic acids is 2. The Balaban J connectivity index is 1.49. The first-order valence-corrected chi connectivity index (χ1v) is 9.91. The van der Waals surface area contributed by atoms with Crippen LogP contribution in [0.4, 0.5) is 5.69 Å². The number of morpholine rings is 1. The van der Waals surface area contributed by atoms with Crippen molar-refractivity contribution in [2.75, 3.05) is 31.6 Å². The minimum absolute atomic E-state index is 0.00215. The molecule has 2 aromatic carbocycles. The Morgan fingerprint density at radius 2 is 1.75 bits per heavy atom. The van der Waals surface area contributed by atoms with E-state index in [2.05, 4.69) is 17.4 Å². The molecule has 2 amide bonds. The zero-order chi connectivity index (χ0) is 19.6. The Hall–Kier alpha value is -2.66. The van der Waals surface area contributed by atoms with E-state index in [1.807, 2.05) is 48.2 Å². The van der Waals surface area contributed by atoms with Crippen LogP contribution >= 0.6 is 0 Å².